The summed E-state index contributed by atoms with van der Waals surface area (Å²) in [5, 5.41) is 2.17. The SMILES string of the molecule is CC12CCCC1(Cc1ccccc1)C2.CNC(N)=O. The molecule has 0 heterocycles. The molecule has 0 aromatic heterocycles. The Bertz CT molecular complexity index is 441. The highest BCUT2D eigenvalue weighted by atomic mass is 16.2. The highest BCUT2D eigenvalue weighted by Gasteiger charge is 2.65. The molecule has 0 radical (unpaired) electrons. The molecule has 2 aliphatic carbocycles. The van der Waals surface area contributed by atoms with Crippen molar-refractivity contribution < 1.29 is 4.79 Å². The smallest absolute Gasteiger partial charge is 0.311 e. The molecule has 2 saturated carbocycles. The van der Waals surface area contributed by atoms with Gasteiger partial charge in [-0.25, -0.2) is 4.79 Å². The van der Waals surface area contributed by atoms with Crippen LogP contribution in [0.1, 0.15) is 38.2 Å². The largest absolute Gasteiger partial charge is 0.352 e. The predicted molar refractivity (Wildman–Crippen MR) is 77.8 cm³/mol. The average molecular weight is 260 g/mol. The fraction of sp³-hybridized carbons (Fsp3) is 0.562. The van der Waals surface area contributed by atoms with Crippen LogP contribution in [0.15, 0.2) is 30.3 Å². The van der Waals surface area contributed by atoms with Crippen LogP contribution in [0.3, 0.4) is 0 Å². The zero-order chi connectivity index (χ0) is 13.9. The van der Waals surface area contributed by atoms with Gasteiger partial charge in [-0.15, -0.1) is 0 Å². The van der Waals surface area contributed by atoms with Crippen molar-refractivity contribution in [1.29, 1.82) is 0 Å². The minimum Gasteiger partial charge on any atom is -0.352 e. The third kappa shape index (κ3) is 2.91. The molecule has 104 valence electrons. The number of hydrogen-bond donors (Lipinski definition) is 2. The molecule has 3 nitrogen and oxygen atoms in total. The number of amides is 2. The molecule has 2 unspecified atom stereocenters. The number of urea groups is 1. The maximum Gasteiger partial charge on any atom is 0.311 e. The van der Waals surface area contributed by atoms with Crippen LogP contribution in [-0.2, 0) is 6.42 Å². The molecule has 3 heteroatoms. The standard InChI is InChI=1S/C14H18.C2H6N2O/c1-13-8-5-9-14(13,11-13)10-12-6-3-2-4-7-12;1-4-2(3)5/h2-4,6-7H,5,8-11H2,1H3;1H3,(H3,3,4,5). The van der Waals surface area contributed by atoms with Gasteiger partial charge in [0.2, 0.25) is 0 Å². The zero-order valence-electron chi connectivity index (χ0n) is 11.9. The van der Waals surface area contributed by atoms with E-state index in [1.165, 1.54) is 44.7 Å². The third-order valence-electron chi connectivity index (χ3n) is 4.90. The van der Waals surface area contributed by atoms with E-state index in [0.717, 1.165) is 0 Å². The number of benzene rings is 1. The highest BCUT2D eigenvalue weighted by molar-refractivity contribution is 5.71. The van der Waals surface area contributed by atoms with Crippen LogP contribution in [0.4, 0.5) is 4.79 Å². The predicted octanol–water partition coefficient (Wildman–Crippen LogP) is 3.09. The van der Waals surface area contributed by atoms with Crippen LogP contribution in [0.5, 0.6) is 0 Å². The molecule has 1 aromatic rings. The van der Waals surface area contributed by atoms with Crippen LogP contribution in [0.25, 0.3) is 0 Å². The van der Waals surface area contributed by atoms with Crippen LogP contribution >= 0.6 is 0 Å². The fourth-order valence-electron chi connectivity index (χ4n) is 3.61. The Morgan fingerprint density at radius 1 is 1.32 bits per heavy atom. The van der Waals surface area contributed by atoms with E-state index >= 15 is 0 Å². The number of nitrogens with two attached hydrogens (primary N) is 1. The summed E-state index contributed by atoms with van der Waals surface area (Å²) < 4.78 is 0. The number of carbonyl (C=O) groups excluding carboxylic acids is 1. The molecular weight excluding hydrogens is 236 g/mol. The van der Waals surface area contributed by atoms with Gasteiger partial charge in [-0.3, -0.25) is 0 Å². The lowest BCUT2D eigenvalue weighted by atomic mass is 9.90. The molecule has 2 amide bonds. The summed E-state index contributed by atoms with van der Waals surface area (Å²) in [5.74, 6) is 0. The van der Waals surface area contributed by atoms with Gasteiger partial charge in [-0.2, -0.15) is 0 Å². The topological polar surface area (TPSA) is 55.1 Å². The molecule has 19 heavy (non-hydrogen) atoms. The number of carbonyl (C=O) groups is 1. The summed E-state index contributed by atoms with van der Waals surface area (Å²) in [5.41, 5.74) is 7.50. The van der Waals surface area contributed by atoms with E-state index < -0.39 is 6.03 Å². The summed E-state index contributed by atoms with van der Waals surface area (Å²) in [6, 6.07) is 10.5. The molecule has 2 atom stereocenters. The van der Waals surface area contributed by atoms with E-state index in [2.05, 4.69) is 48.3 Å². The van der Waals surface area contributed by atoms with Crippen LogP contribution in [0, 0.1) is 10.8 Å². The van der Waals surface area contributed by atoms with Crippen molar-refractivity contribution in [3.8, 4) is 0 Å². The van der Waals surface area contributed by atoms with Crippen molar-refractivity contribution in [3.05, 3.63) is 35.9 Å². The van der Waals surface area contributed by atoms with Gasteiger partial charge in [0.15, 0.2) is 0 Å². The number of nitrogens with one attached hydrogen (secondary N) is 1. The zero-order valence-corrected chi connectivity index (χ0v) is 11.9. The van der Waals surface area contributed by atoms with E-state index in [4.69, 9.17) is 0 Å². The first-order valence-corrected chi connectivity index (χ1v) is 7.02. The quantitative estimate of drug-likeness (QED) is 0.843. The number of hydrogen-bond acceptors (Lipinski definition) is 1. The lowest BCUT2D eigenvalue weighted by Gasteiger charge is -2.14. The number of fused-ring (bicyclic) bond motifs is 1. The van der Waals surface area contributed by atoms with Crippen LogP contribution < -0.4 is 11.1 Å². The van der Waals surface area contributed by atoms with Crippen LogP contribution in [0.2, 0.25) is 0 Å². The van der Waals surface area contributed by atoms with Gasteiger partial charge in [0.1, 0.15) is 0 Å². The molecule has 0 spiro atoms. The maximum absolute atomic E-state index is 9.48. The molecule has 3 N–H and O–H groups in total. The second-order valence-electron chi connectivity index (χ2n) is 6.15. The molecule has 0 saturated heterocycles. The molecule has 1 aromatic carbocycles. The normalized spacial score (nSPS) is 30.8. The van der Waals surface area contributed by atoms with Gasteiger partial charge in [0.25, 0.3) is 0 Å². The Hall–Kier alpha value is -1.51. The van der Waals surface area contributed by atoms with Gasteiger partial charge in [0.05, 0.1) is 0 Å². The van der Waals surface area contributed by atoms with E-state index in [0.29, 0.717) is 10.8 Å². The minimum absolute atomic E-state index is 0.495. The fourth-order valence-corrected chi connectivity index (χ4v) is 3.61. The van der Waals surface area contributed by atoms with E-state index in [1.807, 2.05) is 0 Å². The van der Waals surface area contributed by atoms with Crippen molar-refractivity contribution in [2.45, 2.75) is 39.0 Å². The Balaban J connectivity index is 0.000000232. The Morgan fingerprint density at radius 2 is 1.95 bits per heavy atom. The van der Waals surface area contributed by atoms with E-state index in [1.54, 1.807) is 0 Å². The molecule has 2 fully saturated rings. The highest BCUT2D eigenvalue weighted by Crippen LogP contribution is 2.74. The lowest BCUT2D eigenvalue weighted by molar-refractivity contribution is 0.251. The Kier molecular flexibility index (Phi) is 3.83. The molecule has 3 rings (SSSR count). The Labute approximate surface area is 115 Å². The lowest BCUT2D eigenvalue weighted by Crippen LogP contribution is -2.24. The first kappa shape index (κ1) is 13.9. The summed E-state index contributed by atoms with van der Waals surface area (Å²) in [4.78, 5) is 9.48. The van der Waals surface area contributed by atoms with Gasteiger partial charge in [0, 0.05) is 7.05 Å². The maximum atomic E-state index is 9.48. The minimum atomic E-state index is -0.495. The average Bonchev–Trinajstić information content (AvgIpc) is 2.83. The molecule has 0 aliphatic heterocycles. The first-order chi connectivity index (χ1) is 9.01. The van der Waals surface area contributed by atoms with Crippen molar-refractivity contribution in [2.24, 2.45) is 16.6 Å². The van der Waals surface area contributed by atoms with Gasteiger partial charge in [-0.05, 0) is 42.1 Å². The van der Waals surface area contributed by atoms with Gasteiger partial charge < -0.3 is 11.1 Å². The third-order valence-corrected chi connectivity index (χ3v) is 4.90. The van der Waals surface area contributed by atoms with Crippen molar-refractivity contribution >= 4 is 6.03 Å². The van der Waals surface area contributed by atoms with Crippen LogP contribution in [-0.4, -0.2) is 13.1 Å². The number of rotatable bonds is 2. The molecule has 2 aliphatic rings. The van der Waals surface area contributed by atoms with E-state index in [9.17, 15) is 4.79 Å². The molecular formula is C16H24N2O. The van der Waals surface area contributed by atoms with Crippen molar-refractivity contribution in [3.63, 3.8) is 0 Å². The van der Waals surface area contributed by atoms with Crippen molar-refractivity contribution in [2.75, 3.05) is 7.05 Å². The Morgan fingerprint density at radius 3 is 2.37 bits per heavy atom. The van der Waals surface area contributed by atoms with Gasteiger partial charge >= 0.3 is 6.03 Å². The van der Waals surface area contributed by atoms with E-state index in [-0.39, 0.29) is 0 Å². The van der Waals surface area contributed by atoms with Crippen molar-refractivity contribution in [1.82, 2.24) is 5.32 Å². The first-order valence-electron chi connectivity index (χ1n) is 7.02. The second-order valence-corrected chi connectivity index (χ2v) is 6.15. The number of primary amides is 1. The summed E-state index contributed by atoms with van der Waals surface area (Å²) in [6.45, 7) is 2.49. The molecule has 0 bridgehead atoms. The summed E-state index contributed by atoms with van der Waals surface area (Å²) in [6.07, 6.45) is 7.21. The summed E-state index contributed by atoms with van der Waals surface area (Å²) in [7, 11) is 1.47. The summed E-state index contributed by atoms with van der Waals surface area (Å²) >= 11 is 0. The monoisotopic (exact) mass is 260 g/mol. The van der Waals surface area contributed by atoms with Gasteiger partial charge in [-0.1, -0.05) is 43.7 Å². The second kappa shape index (κ2) is 5.24.